The maximum Gasteiger partial charge on any atom is 0.350 e. The van der Waals surface area contributed by atoms with Crippen LogP contribution >= 0.6 is 0 Å². The Labute approximate surface area is 198 Å². The number of benzene rings is 2. The molecule has 5 rings (SSSR count). The summed E-state index contributed by atoms with van der Waals surface area (Å²) in [4.78, 5) is 19.5. The first-order chi connectivity index (χ1) is 16.6. The van der Waals surface area contributed by atoms with Crippen LogP contribution in [0.5, 0.6) is 11.5 Å². The van der Waals surface area contributed by atoms with Crippen molar-refractivity contribution in [2.45, 2.75) is 38.1 Å². The number of nitrogens with two attached hydrogens (primary N) is 1. The van der Waals surface area contributed by atoms with E-state index in [1.54, 1.807) is 22.9 Å². The van der Waals surface area contributed by atoms with Gasteiger partial charge in [0.05, 0.1) is 11.9 Å². The van der Waals surface area contributed by atoms with E-state index >= 15 is 0 Å². The molecule has 0 spiro atoms. The van der Waals surface area contributed by atoms with Crippen molar-refractivity contribution in [1.82, 2.24) is 14.5 Å². The molecular weight excluding hydrogens is 433 g/mol. The molecule has 1 saturated heterocycles. The molecule has 0 amide bonds. The SMILES string of the molecule is NCCCN1CCC(n2cc3c(nc2=O)Nc2cc(CCc4cccc(F)c4)ccc2O3)CC1. The topological polar surface area (TPSA) is 85.4 Å². The molecule has 0 unspecified atom stereocenters. The minimum Gasteiger partial charge on any atom is -0.450 e. The maximum absolute atomic E-state index is 13.4. The van der Waals surface area contributed by atoms with Crippen molar-refractivity contribution in [3.8, 4) is 11.5 Å². The molecule has 34 heavy (non-hydrogen) atoms. The Balaban J connectivity index is 1.27. The highest BCUT2D eigenvalue weighted by molar-refractivity contribution is 5.72. The molecule has 178 valence electrons. The fourth-order valence-corrected chi connectivity index (χ4v) is 4.76. The summed E-state index contributed by atoms with van der Waals surface area (Å²) in [5, 5.41) is 3.26. The fraction of sp³-hybridized carbons (Fsp3) is 0.385. The third-order valence-corrected chi connectivity index (χ3v) is 6.66. The number of aromatic nitrogens is 2. The number of nitrogens with one attached hydrogen (secondary N) is 1. The van der Waals surface area contributed by atoms with Gasteiger partial charge in [0.15, 0.2) is 17.3 Å². The van der Waals surface area contributed by atoms with Crippen molar-refractivity contribution in [2.24, 2.45) is 5.73 Å². The molecule has 3 heterocycles. The van der Waals surface area contributed by atoms with Crippen molar-refractivity contribution < 1.29 is 9.13 Å². The largest absolute Gasteiger partial charge is 0.450 e. The van der Waals surface area contributed by atoms with Crippen LogP contribution in [0.2, 0.25) is 0 Å². The summed E-state index contributed by atoms with van der Waals surface area (Å²) < 4.78 is 21.3. The molecule has 2 aromatic carbocycles. The average molecular weight is 464 g/mol. The van der Waals surface area contributed by atoms with E-state index in [4.69, 9.17) is 10.5 Å². The van der Waals surface area contributed by atoms with Crippen LogP contribution in [0.4, 0.5) is 15.9 Å². The van der Waals surface area contributed by atoms with Crippen molar-refractivity contribution in [1.29, 1.82) is 0 Å². The van der Waals surface area contributed by atoms with Crippen LogP contribution in [0.1, 0.15) is 36.4 Å². The van der Waals surface area contributed by atoms with E-state index in [0.29, 0.717) is 23.9 Å². The summed E-state index contributed by atoms with van der Waals surface area (Å²) >= 11 is 0. The van der Waals surface area contributed by atoms with Gasteiger partial charge >= 0.3 is 5.69 Å². The second kappa shape index (κ2) is 9.95. The van der Waals surface area contributed by atoms with E-state index in [9.17, 15) is 9.18 Å². The van der Waals surface area contributed by atoms with Crippen LogP contribution in [-0.2, 0) is 12.8 Å². The highest BCUT2D eigenvalue weighted by atomic mass is 19.1. The minimum atomic E-state index is -0.263. The van der Waals surface area contributed by atoms with Crippen molar-refractivity contribution in [3.63, 3.8) is 0 Å². The summed E-state index contributed by atoms with van der Waals surface area (Å²) in [5.41, 5.74) is 8.19. The first kappa shape index (κ1) is 22.6. The average Bonchev–Trinajstić information content (AvgIpc) is 2.85. The number of likely N-dealkylation sites (tertiary alicyclic amines) is 1. The molecule has 0 aliphatic carbocycles. The van der Waals surface area contributed by atoms with Gasteiger partial charge in [-0.3, -0.25) is 4.57 Å². The predicted molar refractivity (Wildman–Crippen MR) is 130 cm³/mol. The number of fused-ring (bicyclic) bond motifs is 2. The molecule has 7 nitrogen and oxygen atoms in total. The Kier molecular flexibility index (Phi) is 6.60. The van der Waals surface area contributed by atoms with E-state index < -0.39 is 0 Å². The summed E-state index contributed by atoms with van der Waals surface area (Å²) in [5.74, 6) is 1.48. The highest BCUT2D eigenvalue weighted by Gasteiger charge is 2.25. The third kappa shape index (κ3) is 4.98. The van der Waals surface area contributed by atoms with E-state index in [2.05, 4.69) is 15.2 Å². The Hall–Kier alpha value is -3.23. The van der Waals surface area contributed by atoms with E-state index in [-0.39, 0.29) is 17.5 Å². The normalized spacial score (nSPS) is 15.8. The van der Waals surface area contributed by atoms with Gasteiger partial charge in [0.2, 0.25) is 0 Å². The fourth-order valence-electron chi connectivity index (χ4n) is 4.76. The zero-order valence-electron chi connectivity index (χ0n) is 19.2. The van der Waals surface area contributed by atoms with Crippen molar-refractivity contribution in [3.05, 3.63) is 76.1 Å². The number of piperidine rings is 1. The van der Waals surface area contributed by atoms with Gasteiger partial charge in [0, 0.05) is 19.1 Å². The number of hydrogen-bond donors (Lipinski definition) is 2. The number of rotatable bonds is 7. The lowest BCUT2D eigenvalue weighted by Gasteiger charge is -2.33. The van der Waals surface area contributed by atoms with Crippen LogP contribution in [0, 0.1) is 5.82 Å². The maximum atomic E-state index is 13.4. The van der Waals surface area contributed by atoms with Crippen molar-refractivity contribution in [2.75, 3.05) is 31.5 Å². The third-order valence-electron chi connectivity index (χ3n) is 6.66. The Morgan fingerprint density at radius 1 is 1.09 bits per heavy atom. The van der Waals surface area contributed by atoms with Crippen LogP contribution in [0.15, 0.2) is 53.5 Å². The number of nitrogens with zero attached hydrogens (tertiary/aromatic N) is 3. The van der Waals surface area contributed by atoms with Gasteiger partial charge in [-0.1, -0.05) is 18.2 Å². The first-order valence-corrected chi connectivity index (χ1v) is 12.0. The number of aryl methyl sites for hydroxylation is 2. The minimum absolute atomic E-state index is 0.120. The standard InChI is InChI=1S/C26H30FN5O2/c27-20-4-1-3-18(15-20)5-6-19-7-8-23-22(16-19)29-25-24(34-23)17-32(26(33)30-25)21-9-13-31(14-10-21)12-2-11-28/h1,3-4,7-8,15-17,21H,2,5-6,9-14,28H2,(H,29,30,33). The molecule has 0 radical (unpaired) electrons. The monoisotopic (exact) mass is 463 g/mol. The molecule has 0 bridgehead atoms. The molecule has 1 fully saturated rings. The zero-order valence-corrected chi connectivity index (χ0v) is 19.2. The van der Waals surface area contributed by atoms with Crippen LogP contribution < -0.4 is 21.5 Å². The van der Waals surface area contributed by atoms with Crippen LogP contribution in [0.3, 0.4) is 0 Å². The summed E-state index contributed by atoms with van der Waals surface area (Å²) in [7, 11) is 0. The predicted octanol–water partition coefficient (Wildman–Crippen LogP) is 4.00. The molecule has 2 aliphatic rings. The van der Waals surface area contributed by atoms with Gasteiger partial charge < -0.3 is 20.7 Å². The lowest BCUT2D eigenvalue weighted by atomic mass is 10.0. The van der Waals surface area contributed by atoms with E-state index in [0.717, 1.165) is 68.6 Å². The van der Waals surface area contributed by atoms with Gasteiger partial charge in [0.1, 0.15) is 5.82 Å². The summed E-state index contributed by atoms with van der Waals surface area (Å²) in [6, 6.07) is 12.7. The van der Waals surface area contributed by atoms with Crippen LogP contribution in [-0.4, -0.2) is 40.6 Å². The Morgan fingerprint density at radius 2 is 1.88 bits per heavy atom. The number of ether oxygens (including phenoxy) is 1. The van der Waals surface area contributed by atoms with Gasteiger partial charge in [-0.15, -0.1) is 0 Å². The molecule has 2 aliphatic heterocycles. The lowest BCUT2D eigenvalue weighted by molar-refractivity contribution is 0.182. The molecule has 3 N–H and O–H groups in total. The van der Waals surface area contributed by atoms with E-state index in [1.165, 1.54) is 6.07 Å². The van der Waals surface area contributed by atoms with Gasteiger partial charge in [-0.2, -0.15) is 4.98 Å². The Bertz CT molecular complexity index is 1220. The van der Waals surface area contributed by atoms with E-state index in [1.807, 2.05) is 24.3 Å². The molecule has 0 atom stereocenters. The molecule has 8 heteroatoms. The molecule has 3 aromatic rings. The molecule has 1 aromatic heterocycles. The second-order valence-electron chi connectivity index (χ2n) is 9.05. The zero-order chi connectivity index (χ0) is 23.5. The van der Waals surface area contributed by atoms with Crippen LogP contribution in [0.25, 0.3) is 0 Å². The molecule has 0 saturated carbocycles. The second-order valence-corrected chi connectivity index (χ2v) is 9.05. The number of hydrogen-bond acceptors (Lipinski definition) is 6. The Morgan fingerprint density at radius 3 is 2.65 bits per heavy atom. The molecular formula is C26H30FN5O2. The summed E-state index contributed by atoms with van der Waals surface area (Å²) in [6.07, 6.45) is 6.11. The van der Waals surface area contributed by atoms with Crippen molar-refractivity contribution >= 4 is 11.5 Å². The highest BCUT2D eigenvalue weighted by Crippen LogP contribution is 2.41. The number of halogens is 1. The van der Waals surface area contributed by atoms with Gasteiger partial charge in [-0.25, -0.2) is 9.18 Å². The van der Waals surface area contributed by atoms with Gasteiger partial charge in [-0.05, 0) is 80.6 Å². The lowest BCUT2D eigenvalue weighted by Crippen LogP contribution is -2.39. The first-order valence-electron chi connectivity index (χ1n) is 12.0. The smallest absolute Gasteiger partial charge is 0.350 e. The number of anilines is 2. The van der Waals surface area contributed by atoms with Gasteiger partial charge in [0.25, 0.3) is 0 Å². The summed E-state index contributed by atoms with van der Waals surface area (Å²) in [6.45, 7) is 3.62. The quantitative estimate of drug-likeness (QED) is 0.431.